The van der Waals surface area contributed by atoms with E-state index in [1.807, 2.05) is 31.2 Å². The van der Waals surface area contributed by atoms with Crippen LogP contribution in [0.15, 0.2) is 35.3 Å². The van der Waals surface area contributed by atoms with Crippen molar-refractivity contribution in [3.63, 3.8) is 0 Å². The highest BCUT2D eigenvalue weighted by atomic mass is 79.9. The first kappa shape index (κ1) is 10.1. The maximum Gasteiger partial charge on any atom is 0.0388 e. The Labute approximate surface area is 87.1 Å². The highest BCUT2D eigenvalue weighted by molar-refractivity contribution is 9.12. The number of aryl methyl sites for hydroxylation is 1. The first-order valence-corrected chi connectivity index (χ1v) is 4.78. The standard InChI is InChI=1S/C11H12BrN/c1-3-10(12)7-9-6-8(2)4-5-11(9)13/h3-7H,1,13H2,2H3/b10-7+. The number of nitrogen functional groups attached to an aromatic ring is 1. The molecule has 2 N–H and O–H groups in total. The zero-order valence-electron chi connectivity index (χ0n) is 7.55. The molecule has 0 aromatic heterocycles. The van der Waals surface area contributed by atoms with E-state index in [0.717, 1.165) is 15.7 Å². The molecule has 0 heterocycles. The third-order valence-electron chi connectivity index (χ3n) is 1.73. The summed E-state index contributed by atoms with van der Waals surface area (Å²) in [5, 5.41) is 0. The van der Waals surface area contributed by atoms with Gasteiger partial charge in [-0.2, -0.15) is 0 Å². The molecule has 68 valence electrons. The molecule has 1 nitrogen and oxygen atoms in total. The lowest BCUT2D eigenvalue weighted by Gasteiger charge is -2.01. The van der Waals surface area contributed by atoms with Gasteiger partial charge >= 0.3 is 0 Å². The fourth-order valence-corrected chi connectivity index (χ4v) is 1.27. The van der Waals surface area contributed by atoms with Crippen LogP contribution in [0.1, 0.15) is 11.1 Å². The third-order valence-corrected chi connectivity index (χ3v) is 2.28. The highest BCUT2D eigenvalue weighted by Crippen LogP contribution is 2.19. The minimum atomic E-state index is 0.782. The summed E-state index contributed by atoms with van der Waals surface area (Å²) < 4.78 is 0.935. The molecule has 2 heteroatoms. The van der Waals surface area contributed by atoms with Gasteiger partial charge in [0, 0.05) is 10.2 Å². The molecule has 0 fully saturated rings. The normalized spacial score (nSPS) is 11.4. The Morgan fingerprint density at radius 3 is 2.85 bits per heavy atom. The summed E-state index contributed by atoms with van der Waals surface area (Å²) in [6, 6.07) is 5.94. The Morgan fingerprint density at radius 2 is 2.23 bits per heavy atom. The number of hydrogen-bond acceptors (Lipinski definition) is 1. The molecule has 13 heavy (non-hydrogen) atoms. The van der Waals surface area contributed by atoms with Crippen LogP contribution in [0.3, 0.4) is 0 Å². The molecule has 0 saturated heterocycles. The molecule has 0 aliphatic rings. The lowest BCUT2D eigenvalue weighted by atomic mass is 10.1. The molecule has 0 atom stereocenters. The van der Waals surface area contributed by atoms with Crippen LogP contribution in [0.4, 0.5) is 5.69 Å². The van der Waals surface area contributed by atoms with Gasteiger partial charge in [0.15, 0.2) is 0 Å². The minimum Gasteiger partial charge on any atom is -0.398 e. The average Bonchev–Trinajstić information content (AvgIpc) is 2.11. The zero-order valence-corrected chi connectivity index (χ0v) is 9.14. The van der Waals surface area contributed by atoms with Gasteiger partial charge < -0.3 is 5.73 Å². The third kappa shape index (κ3) is 2.74. The van der Waals surface area contributed by atoms with Crippen LogP contribution >= 0.6 is 15.9 Å². The van der Waals surface area contributed by atoms with Crippen molar-refractivity contribution in [2.45, 2.75) is 6.92 Å². The van der Waals surface area contributed by atoms with Crippen LogP contribution in [0.25, 0.3) is 6.08 Å². The maximum atomic E-state index is 5.79. The van der Waals surface area contributed by atoms with Gasteiger partial charge in [-0.1, -0.05) is 40.2 Å². The SMILES string of the molecule is C=C/C(Br)=C\c1cc(C)ccc1N. The summed E-state index contributed by atoms with van der Waals surface area (Å²) in [6.07, 6.45) is 3.69. The zero-order chi connectivity index (χ0) is 9.84. The number of hydrogen-bond donors (Lipinski definition) is 1. The second-order valence-electron chi connectivity index (χ2n) is 2.87. The lowest BCUT2D eigenvalue weighted by Crippen LogP contribution is -1.89. The predicted molar refractivity (Wildman–Crippen MR) is 62.7 cm³/mol. The van der Waals surface area contributed by atoms with E-state index in [2.05, 4.69) is 22.5 Å². The van der Waals surface area contributed by atoms with E-state index in [9.17, 15) is 0 Å². The van der Waals surface area contributed by atoms with Crippen molar-refractivity contribution in [3.05, 3.63) is 46.5 Å². The second kappa shape index (κ2) is 4.28. The van der Waals surface area contributed by atoms with Crippen molar-refractivity contribution >= 4 is 27.7 Å². The molecule has 1 aromatic carbocycles. The van der Waals surface area contributed by atoms with E-state index in [1.54, 1.807) is 6.08 Å². The minimum absolute atomic E-state index is 0.782. The molecule has 0 unspecified atom stereocenters. The second-order valence-corrected chi connectivity index (χ2v) is 3.78. The van der Waals surface area contributed by atoms with Gasteiger partial charge in [0.05, 0.1) is 0 Å². The van der Waals surface area contributed by atoms with Gasteiger partial charge in [0.1, 0.15) is 0 Å². The van der Waals surface area contributed by atoms with Crippen molar-refractivity contribution < 1.29 is 0 Å². The van der Waals surface area contributed by atoms with E-state index in [4.69, 9.17) is 5.73 Å². The molecule has 0 bridgehead atoms. The van der Waals surface area contributed by atoms with Crippen LogP contribution in [0, 0.1) is 6.92 Å². The Hall–Kier alpha value is -1.02. The van der Waals surface area contributed by atoms with Gasteiger partial charge in [0.25, 0.3) is 0 Å². The topological polar surface area (TPSA) is 26.0 Å². The van der Waals surface area contributed by atoms with Crippen LogP contribution < -0.4 is 5.73 Å². The molecule has 1 aromatic rings. The Morgan fingerprint density at radius 1 is 1.54 bits per heavy atom. The fourth-order valence-electron chi connectivity index (χ4n) is 1.03. The van der Waals surface area contributed by atoms with Gasteiger partial charge in [-0.15, -0.1) is 0 Å². The summed E-state index contributed by atoms with van der Waals surface area (Å²) >= 11 is 3.36. The molecular weight excluding hydrogens is 226 g/mol. The Bertz CT molecular complexity index is 353. The van der Waals surface area contributed by atoms with Gasteiger partial charge in [-0.3, -0.25) is 0 Å². The number of anilines is 1. The van der Waals surface area contributed by atoms with Crippen molar-refractivity contribution in [2.75, 3.05) is 5.73 Å². The van der Waals surface area contributed by atoms with E-state index >= 15 is 0 Å². The number of benzene rings is 1. The maximum absolute atomic E-state index is 5.79. The van der Waals surface area contributed by atoms with E-state index in [1.165, 1.54) is 5.56 Å². The first-order chi connectivity index (χ1) is 6.13. The van der Waals surface area contributed by atoms with E-state index in [0.29, 0.717) is 0 Å². The Balaban J connectivity index is 3.13. The number of halogens is 1. The van der Waals surface area contributed by atoms with Crippen LogP contribution in [-0.4, -0.2) is 0 Å². The summed E-state index contributed by atoms with van der Waals surface area (Å²) in [6.45, 7) is 5.69. The van der Waals surface area contributed by atoms with E-state index < -0.39 is 0 Å². The Kier molecular flexibility index (Phi) is 3.32. The number of allylic oxidation sites excluding steroid dienone is 2. The van der Waals surface area contributed by atoms with Crippen LogP contribution in [0.5, 0.6) is 0 Å². The molecule has 0 saturated carbocycles. The molecule has 0 amide bonds. The quantitative estimate of drug-likeness (QED) is 0.619. The molecule has 0 radical (unpaired) electrons. The van der Waals surface area contributed by atoms with Crippen LogP contribution in [0.2, 0.25) is 0 Å². The van der Waals surface area contributed by atoms with Crippen LogP contribution in [-0.2, 0) is 0 Å². The smallest absolute Gasteiger partial charge is 0.0388 e. The average molecular weight is 238 g/mol. The highest BCUT2D eigenvalue weighted by Gasteiger charge is 1.95. The fraction of sp³-hybridized carbons (Fsp3) is 0.0909. The van der Waals surface area contributed by atoms with Gasteiger partial charge in [-0.05, 0) is 30.7 Å². The van der Waals surface area contributed by atoms with Gasteiger partial charge in [0.2, 0.25) is 0 Å². The van der Waals surface area contributed by atoms with Crippen molar-refractivity contribution in [2.24, 2.45) is 0 Å². The monoisotopic (exact) mass is 237 g/mol. The van der Waals surface area contributed by atoms with Crippen molar-refractivity contribution in [3.8, 4) is 0 Å². The molecular formula is C11H12BrN. The predicted octanol–water partition coefficient (Wildman–Crippen LogP) is 3.50. The van der Waals surface area contributed by atoms with Crippen molar-refractivity contribution in [1.82, 2.24) is 0 Å². The molecule has 0 aliphatic carbocycles. The summed E-state index contributed by atoms with van der Waals surface area (Å²) in [7, 11) is 0. The molecule has 0 aliphatic heterocycles. The number of nitrogens with two attached hydrogens (primary N) is 1. The number of rotatable bonds is 2. The summed E-state index contributed by atoms with van der Waals surface area (Å²) in [4.78, 5) is 0. The van der Waals surface area contributed by atoms with Gasteiger partial charge in [-0.25, -0.2) is 0 Å². The summed E-state index contributed by atoms with van der Waals surface area (Å²) in [5.41, 5.74) is 8.79. The van der Waals surface area contributed by atoms with Crippen molar-refractivity contribution in [1.29, 1.82) is 0 Å². The summed E-state index contributed by atoms with van der Waals surface area (Å²) in [5.74, 6) is 0. The first-order valence-electron chi connectivity index (χ1n) is 3.99. The lowest BCUT2D eigenvalue weighted by molar-refractivity contribution is 1.46. The molecule has 0 spiro atoms. The largest absolute Gasteiger partial charge is 0.398 e. The van der Waals surface area contributed by atoms with E-state index in [-0.39, 0.29) is 0 Å². The molecule has 1 rings (SSSR count).